The first-order chi connectivity index (χ1) is 15.3. The summed E-state index contributed by atoms with van der Waals surface area (Å²) in [6.45, 7) is 14.6. The van der Waals surface area contributed by atoms with E-state index in [1.807, 2.05) is 0 Å². The van der Waals surface area contributed by atoms with Crippen LogP contribution in [0.4, 0.5) is 0 Å². The zero-order chi connectivity index (χ0) is 24.4. The van der Waals surface area contributed by atoms with Gasteiger partial charge in [-0.2, -0.15) is 0 Å². The maximum Gasteiger partial charge on any atom is 0.192 e. The highest BCUT2D eigenvalue weighted by Gasteiger charge is 2.64. The van der Waals surface area contributed by atoms with Crippen molar-refractivity contribution in [2.24, 2.45) is 22.7 Å². The smallest absolute Gasteiger partial charge is 0.192 e. The van der Waals surface area contributed by atoms with Crippen molar-refractivity contribution in [2.45, 2.75) is 119 Å². The minimum absolute atomic E-state index is 0.206. The van der Waals surface area contributed by atoms with E-state index in [1.165, 1.54) is 38.5 Å². The molecule has 0 aromatic rings. The fraction of sp³-hybridized carbons (Fsp3) is 0.926. The van der Waals surface area contributed by atoms with Crippen LogP contribution in [0.3, 0.4) is 0 Å². The van der Waals surface area contributed by atoms with Crippen LogP contribution in [0.25, 0.3) is 0 Å². The predicted molar refractivity (Wildman–Crippen MR) is 147 cm³/mol. The molecule has 33 heavy (non-hydrogen) atoms. The highest BCUT2D eigenvalue weighted by Crippen LogP contribution is 2.70. The van der Waals surface area contributed by atoms with Crippen LogP contribution in [0.5, 0.6) is 0 Å². The number of hydrogen-bond acceptors (Lipinski definition) is 3. The first-order valence-corrected chi connectivity index (χ1v) is 17.8. The Bertz CT molecular complexity index is 785. The molecule has 190 valence electrons. The Labute approximate surface area is 220 Å². The average molecular weight is 607 g/mol. The highest BCUT2D eigenvalue weighted by atomic mass is 79.9. The van der Waals surface area contributed by atoms with Crippen molar-refractivity contribution in [3.63, 3.8) is 0 Å². The number of hydrogen-bond donors (Lipinski definition) is 0. The van der Waals surface area contributed by atoms with Crippen molar-refractivity contribution in [2.75, 3.05) is 14.2 Å². The number of ether oxygens (including phenoxy) is 2. The van der Waals surface area contributed by atoms with Gasteiger partial charge in [0.2, 0.25) is 0 Å². The van der Waals surface area contributed by atoms with E-state index in [9.17, 15) is 0 Å². The Balaban J connectivity index is 1.66. The van der Waals surface area contributed by atoms with Crippen molar-refractivity contribution in [3.05, 3.63) is 11.1 Å². The Morgan fingerprint density at radius 2 is 1.61 bits per heavy atom. The molecule has 0 radical (unpaired) electrons. The number of rotatable bonds is 5. The molecule has 0 aliphatic heterocycles. The number of halogens is 2. The molecule has 0 heterocycles. The molecule has 4 rings (SSSR count). The van der Waals surface area contributed by atoms with Gasteiger partial charge >= 0.3 is 0 Å². The summed E-state index contributed by atoms with van der Waals surface area (Å²) in [5.74, 6) is 1.02. The fourth-order valence-electron chi connectivity index (χ4n) is 7.79. The molecule has 3 nitrogen and oxygen atoms in total. The van der Waals surface area contributed by atoms with Gasteiger partial charge in [0.25, 0.3) is 0 Å². The van der Waals surface area contributed by atoms with Gasteiger partial charge in [-0.25, -0.2) is 0 Å². The van der Waals surface area contributed by atoms with Gasteiger partial charge in [0.05, 0.1) is 9.84 Å². The van der Waals surface area contributed by atoms with Gasteiger partial charge in [0, 0.05) is 32.5 Å². The number of alkyl halides is 2. The Hall–Kier alpha value is 0.797. The molecular formula is C27H46Br2O3Si. The van der Waals surface area contributed by atoms with Crippen molar-refractivity contribution < 1.29 is 13.9 Å². The Morgan fingerprint density at radius 1 is 0.939 bits per heavy atom. The molecule has 4 aliphatic carbocycles. The number of fused-ring (bicyclic) bond motifs is 4. The summed E-state index contributed by atoms with van der Waals surface area (Å²) < 4.78 is 19.2. The van der Waals surface area contributed by atoms with Crippen LogP contribution < -0.4 is 0 Å². The molecule has 0 N–H and O–H groups in total. The van der Waals surface area contributed by atoms with Crippen molar-refractivity contribution in [1.29, 1.82) is 0 Å². The van der Waals surface area contributed by atoms with Gasteiger partial charge in [0.15, 0.2) is 14.1 Å². The summed E-state index contributed by atoms with van der Waals surface area (Å²) >= 11 is 8.19. The maximum absolute atomic E-state index is 7.14. The van der Waals surface area contributed by atoms with E-state index in [2.05, 4.69) is 72.6 Å². The third-order valence-corrected chi connectivity index (χ3v) is 17.0. The lowest BCUT2D eigenvalue weighted by molar-refractivity contribution is -0.214. The fourth-order valence-corrected chi connectivity index (χ4v) is 10.9. The summed E-state index contributed by atoms with van der Waals surface area (Å²) in [5.41, 5.74) is 3.84. The van der Waals surface area contributed by atoms with Crippen LogP contribution in [0, 0.1) is 22.7 Å². The van der Waals surface area contributed by atoms with E-state index in [1.54, 1.807) is 25.4 Å². The highest BCUT2D eigenvalue weighted by molar-refractivity contribution is 9.24. The zero-order valence-electron chi connectivity index (χ0n) is 22.2. The van der Waals surface area contributed by atoms with Crippen LogP contribution in [-0.2, 0) is 13.9 Å². The summed E-state index contributed by atoms with van der Waals surface area (Å²) in [5, 5.41) is 0.262. The van der Waals surface area contributed by atoms with Gasteiger partial charge in [-0.05, 0) is 80.3 Å². The lowest BCUT2D eigenvalue weighted by Crippen LogP contribution is -2.56. The van der Waals surface area contributed by atoms with Gasteiger partial charge in [-0.1, -0.05) is 70.7 Å². The van der Waals surface area contributed by atoms with Crippen LogP contribution in [0.1, 0.15) is 85.5 Å². The second kappa shape index (κ2) is 8.97. The number of methoxy groups -OCH3 is 2. The zero-order valence-corrected chi connectivity index (χ0v) is 26.3. The Morgan fingerprint density at radius 3 is 2.18 bits per heavy atom. The molecule has 0 spiro atoms. The average Bonchev–Trinajstić information content (AvgIpc) is 3.07. The molecule has 6 heteroatoms. The van der Waals surface area contributed by atoms with Gasteiger partial charge in [-0.15, -0.1) is 0 Å². The minimum Gasteiger partial charge on any atom is -0.413 e. The molecule has 0 unspecified atom stereocenters. The summed E-state index contributed by atoms with van der Waals surface area (Å²) in [6.07, 6.45) is 10.9. The lowest BCUT2D eigenvalue weighted by Gasteiger charge is -2.60. The van der Waals surface area contributed by atoms with Crippen LogP contribution in [-0.4, -0.2) is 38.2 Å². The molecule has 5 atom stereocenters. The standard InChI is InChI=1S/C27H46Br2O3Si/c1-24(2,3)33(7,8)32-22-12-11-20-21-10-9-18-17-26(30-5,31-6)14-13-19(18)27(21,23(28)29)16-15-25(20,22)4/h20-23H,9-17H2,1-8H3/t20-,21-,22-,25-,27-/m0/s1. The van der Waals surface area contributed by atoms with Gasteiger partial charge in [0.1, 0.15) is 0 Å². The maximum atomic E-state index is 7.14. The molecule has 0 amide bonds. The molecule has 0 saturated heterocycles. The first kappa shape index (κ1) is 26.8. The normalized spacial score (nSPS) is 38.8. The summed E-state index contributed by atoms with van der Waals surface area (Å²) in [6, 6.07) is 0. The van der Waals surface area contributed by atoms with E-state index >= 15 is 0 Å². The first-order valence-electron chi connectivity index (χ1n) is 13.0. The summed E-state index contributed by atoms with van der Waals surface area (Å²) in [7, 11) is 1.83. The molecule has 0 aromatic carbocycles. The van der Waals surface area contributed by atoms with Crippen LogP contribution in [0.2, 0.25) is 18.1 Å². The second-order valence-electron chi connectivity index (χ2n) is 13.1. The predicted octanol–water partition coefficient (Wildman–Crippen LogP) is 8.57. The van der Waals surface area contributed by atoms with Crippen molar-refractivity contribution >= 4 is 40.2 Å². The van der Waals surface area contributed by atoms with Crippen LogP contribution >= 0.6 is 31.9 Å². The molecular weight excluding hydrogens is 560 g/mol. The topological polar surface area (TPSA) is 27.7 Å². The molecule has 2 saturated carbocycles. The van der Waals surface area contributed by atoms with Gasteiger partial charge in [-0.3, -0.25) is 0 Å². The number of allylic oxidation sites excluding steroid dienone is 1. The van der Waals surface area contributed by atoms with E-state index in [-0.39, 0.29) is 10.5 Å². The minimum atomic E-state index is -1.79. The monoisotopic (exact) mass is 604 g/mol. The third-order valence-electron chi connectivity index (χ3n) is 10.9. The summed E-state index contributed by atoms with van der Waals surface area (Å²) in [4.78, 5) is 0. The van der Waals surface area contributed by atoms with E-state index in [0.29, 0.717) is 21.2 Å². The van der Waals surface area contributed by atoms with E-state index < -0.39 is 14.1 Å². The van der Waals surface area contributed by atoms with E-state index in [0.717, 1.165) is 25.2 Å². The third kappa shape index (κ3) is 4.13. The largest absolute Gasteiger partial charge is 0.413 e. The van der Waals surface area contributed by atoms with Crippen LogP contribution in [0.15, 0.2) is 11.1 Å². The second-order valence-corrected chi connectivity index (χ2v) is 20.9. The SMILES string of the molecule is COC1(OC)CCC2=C(CC[C@H]3[C@@H]4CC[C@H](O[Si](C)(C)C(C)(C)C)[C@@]4(C)CC[C@]23C(Br)Br)C1. The van der Waals surface area contributed by atoms with Crippen molar-refractivity contribution in [3.8, 4) is 0 Å². The molecule has 2 fully saturated rings. The molecule has 0 aromatic heterocycles. The van der Waals surface area contributed by atoms with Crippen molar-refractivity contribution in [1.82, 2.24) is 0 Å². The quantitative estimate of drug-likeness (QED) is 0.136. The molecule has 0 bridgehead atoms. The van der Waals surface area contributed by atoms with Gasteiger partial charge < -0.3 is 13.9 Å². The van der Waals surface area contributed by atoms with E-state index in [4.69, 9.17) is 13.9 Å². The Kier molecular flexibility index (Phi) is 7.30. The lowest BCUT2D eigenvalue weighted by atomic mass is 9.47. The molecule has 4 aliphatic rings.